The maximum absolute atomic E-state index is 13.0. The Labute approximate surface area is 232 Å². The molecule has 0 aliphatic heterocycles. The van der Waals surface area contributed by atoms with Crippen LogP contribution in [-0.4, -0.2) is 34.5 Å². The number of rotatable bonds is 7. The summed E-state index contributed by atoms with van der Waals surface area (Å²) in [5, 5.41) is 10.6. The summed E-state index contributed by atoms with van der Waals surface area (Å²) in [5.74, 6) is 0. The second kappa shape index (κ2) is 11.3. The van der Waals surface area contributed by atoms with Crippen LogP contribution >= 0.6 is 0 Å². The van der Waals surface area contributed by atoms with Crippen molar-refractivity contribution in [2.75, 3.05) is 5.32 Å². The molecule has 206 valence electrons. The van der Waals surface area contributed by atoms with Crippen LogP contribution in [0, 0.1) is 0 Å². The molecule has 0 bridgehead atoms. The van der Waals surface area contributed by atoms with Crippen molar-refractivity contribution >= 4 is 35.0 Å². The first-order chi connectivity index (χ1) is 19.2. The monoisotopic (exact) mass is 540 g/mol. The Balaban J connectivity index is 1.24. The van der Waals surface area contributed by atoms with Gasteiger partial charge in [-0.25, -0.2) is 9.59 Å². The molecule has 3 aromatic carbocycles. The van der Waals surface area contributed by atoms with Crippen LogP contribution in [0.15, 0.2) is 72.9 Å². The van der Waals surface area contributed by atoms with Crippen molar-refractivity contribution < 1.29 is 23.9 Å². The maximum atomic E-state index is 13.0. The number of aryl methyl sites for hydroxylation is 1. The topological polar surface area (TPSA) is 112 Å². The molecule has 2 atom stereocenters. The van der Waals surface area contributed by atoms with E-state index in [4.69, 9.17) is 9.47 Å². The predicted molar refractivity (Wildman–Crippen MR) is 151 cm³/mol. The van der Waals surface area contributed by atoms with E-state index in [1.54, 1.807) is 18.2 Å². The summed E-state index contributed by atoms with van der Waals surface area (Å²) >= 11 is 0. The third kappa shape index (κ3) is 5.89. The molecule has 0 radical (unpaired) electrons. The summed E-state index contributed by atoms with van der Waals surface area (Å²) in [6, 6.07) is 20.4. The van der Waals surface area contributed by atoms with Gasteiger partial charge in [-0.2, -0.15) is 9.78 Å². The Hall–Kier alpha value is -4.50. The first-order valence-electron chi connectivity index (χ1n) is 13.2. The molecule has 40 heavy (non-hydrogen) atoms. The molecule has 1 aromatic heterocycles. The number of amides is 2. The lowest BCUT2D eigenvalue weighted by Gasteiger charge is -2.21. The quantitative estimate of drug-likeness (QED) is 0.224. The van der Waals surface area contributed by atoms with Gasteiger partial charge in [0, 0.05) is 5.39 Å². The summed E-state index contributed by atoms with van der Waals surface area (Å²) < 4.78 is 11.7. The van der Waals surface area contributed by atoms with Gasteiger partial charge in [0.2, 0.25) is 0 Å². The summed E-state index contributed by atoms with van der Waals surface area (Å²) in [6.07, 6.45) is 1.34. The number of fused-ring (bicyclic) bond motifs is 2. The Morgan fingerprint density at radius 2 is 1.90 bits per heavy atom. The molecule has 9 heteroatoms. The number of nitrogens with one attached hydrogen (secondary N) is 2. The molecule has 0 saturated heterocycles. The minimum atomic E-state index is -1.40. The smallest absolute Gasteiger partial charge is 0.410 e. The fourth-order valence-electron chi connectivity index (χ4n) is 4.86. The molecule has 2 N–H and O–H groups in total. The second-order valence-corrected chi connectivity index (χ2v) is 10.8. The molecule has 1 heterocycles. The van der Waals surface area contributed by atoms with Crippen molar-refractivity contribution in [3.05, 3.63) is 95.2 Å². The SMILES string of the molecule is CC(C)(C)c1ccc2c(c1)CC[C@H]2NC(=O)Nc1cccc2c1cnn2C(=O)OC(C=O)OCc1ccccc1. The van der Waals surface area contributed by atoms with E-state index < -0.39 is 12.4 Å². The molecule has 0 saturated carbocycles. The third-order valence-electron chi connectivity index (χ3n) is 7.01. The normalized spacial score (nSPS) is 15.3. The van der Waals surface area contributed by atoms with Crippen LogP contribution in [0.1, 0.15) is 55.5 Å². The van der Waals surface area contributed by atoms with Gasteiger partial charge < -0.3 is 20.1 Å². The van der Waals surface area contributed by atoms with Gasteiger partial charge in [-0.1, -0.05) is 75.4 Å². The number of carbonyl (C=O) groups is 3. The minimum Gasteiger partial charge on any atom is -0.410 e. The van der Waals surface area contributed by atoms with Gasteiger partial charge in [-0.05, 0) is 52.6 Å². The third-order valence-corrected chi connectivity index (χ3v) is 7.01. The number of ether oxygens (including phenoxy) is 2. The Bertz CT molecular complexity index is 1540. The van der Waals surface area contributed by atoms with Crippen LogP contribution in [-0.2, 0) is 32.7 Å². The fourth-order valence-corrected chi connectivity index (χ4v) is 4.86. The van der Waals surface area contributed by atoms with E-state index in [1.165, 1.54) is 17.3 Å². The number of urea groups is 1. The largest absolute Gasteiger partial charge is 0.437 e. The molecule has 1 aliphatic rings. The zero-order chi connectivity index (χ0) is 28.3. The Morgan fingerprint density at radius 1 is 1.10 bits per heavy atom. The van der Waals surface area contributed by atoms with Gasteiger partial charge in [-0.15, -0.1) is 0 Å². The molecular weight excluding hydrogens is 508 g/mol. The Morgan fingerprint density at radius 3 is 2.65 bits per heavy atom. The van der Waals surface area contributed by atoms with E-state index >= 15 is 0 Å². The summed E-state index contributed by atoms with van der Waals surface area (Å²) in [6.45, 7) is 6.67. The van der Waals surface area contributed by atoms with Gasteiger partial charge in [-0.3, -0.25) is 4.79 Å². The molecule has 0 fully saturated rings. The lowest BCUT2D eigenvalue weighted by atomic mass is 9.85. The van der Waals surface area contributed by atoms with Gasteiger partial charge in [0.05, 0.1) is 30.0 Å². The number of aldehydes is 1. The van der Waals surface area contributed by atoms with E-state index in [2.05, 4.69) is 54.7 Å². The maximum Gasteiger partial charge on any atom is 0.437 e. The second-order valence-electron chi connectivity index (χ2n) is 10.8. The minimum absolute atomic E-state index is 0.0663. The van der Waals surface area contributed by atoms with Crippen molar-refractivity contribution in [2.24, 2.45) is 0 Å². The number of hydrogen-bond donors (Lipinski definition) is 2. The summed E-state index contributed by atoms with van der Waals surface area (Å²) in [7, 11) is 0. The molecule has 1 aliphatic carbocycles. The molecule has 2 amide bonds. The molecule has 5 rings (SSSR count). The lowest BCUT2D eigenvalue weighted by molar-refractivity contribution is -0.145. The highest BCUT2D eigenvalue weighted by molar-refractivity contribution is 6.02. The summed E-state index contributed by atoms with van der Waals surface area (Å²) in [5.41, 5.74) is 5.48. The highest BCUT2D eigenvalue weighted by Gasteiger charge is 2.26. The van der Waals surface area contributed by atoms with Crippen molar-refractivity contribution in [3.8, 4) is 0 Å². The van der Waals surface area contributed by atoms with E-state index in [1.807, 2.05) is 30.3 Å². The Kier molecular flexibility index (Phi) is 7.66. The average Bonchev–Trinajstić information content (AvgIpc) is 3.56. The van der Waals surface area contributed by atoms with Crippen molar-refractivity contribution in [2.45, 2.75) is 58.0 Å². The van der Waals surface area contributed by atoms with E-state index in [-0.39, 0.29) is 24.1 Å². The van der Waals surface area contributed by atoms with Crippen molar-refractivity contribution in [1.29, 1.82) is 0 Å². The first-order valence-corrected chi connectivity index (χ1v) is 13.2. The average molecular weight is 541 g/mol. The number of hydrogen-bond acceptors (Lipinski definition) is 6. The molecule has 4 aromatic rings. The van der Waals surface area contributed by atoms with Crippen LogP contribution < -0.4 is 10.6 Å². The number of benzene rings is 3. The van der Waals surface area contributed by atoms with Crippen molar-refractivity contribution in [1.82, 2.24) is 15.1 Å². The molecular formula is C31H32N4O5. The lowest BCUT2D eigenvalue weighted by Crippen LogP contribution is -2.31. The molecule has 1 unspecified atom stereocenters. The highest BCUT2D eigenvalue weighted by atomic mass is 16.7. The number of nitrogens with zero attached hydrogens (tertiary/aromatic N) is 2. The van der Waals surface area contributed by atoms with Crippen LogP contribution in [0.4, 0.5) is 15.3 Å². The number of anilines is 1. The van der Waals surface area contributed by atoms with Crippen LogP contribution in [0.3, 0.4) is 0 Å². The molecule has 9 nitrogen and oxygen atoms in total. The fraction of sp³-hybridized carbons (Fsp3) is 0.290. The first kappa shape index (κ1) is 27.1. The van der Waals surface area contributed by atoms with Crippen LogP contribution in [0.25, 0.3) is 10.9 Å². The predicted octanol–water partition coefficient (Wildman–Crippen LogP) is 5.87. The van der Waals surface area contributed by atoms with E-state index in [0.717, 1.165) is 28.7 Å². The summed E-state index contributed by atoms with van der Waals surface area (Å²) in [4.78, 5) is 37.2. The van der Waals surface area contributed by atoms with Gasteiger partial charge in [0.1, 0.15) is 0 Å². The zero-order valence-electron chi connectivity index (χ0n) is 22.7. The van der Waals surface area contributed by atoms with Crippen molar-refractivity contribution in [3.63, 3.8) is 0 Å². The van der Waals surface area contributed by atoms with Gasteiger partial charge >= 0.3 is 12.1 Å². The van der Waals surface area contributed by atoms with E-state index in [0.29, 0.717) is 22.9 Å². The molecule has 0 spiro atoms. The van der Waals surface area contributed by atoms with Gasteiger partial charge in [0.15, 0.2) is 6.29 Å². The number of aromatic nitrogens is 2. The standard InChI is InChI=1S/C31H32N4O5/c1-31(2,3)22-13-14-23-21(16-22)12-15-26(23)34-29(37)33-25-10-7-11-27-24(25)17-32-35(27)30(38)40-28(18-36)39-19-20-8-5-4-6-9-20/h4-11,13-14,16-18,26,28H,12,15,19H2,1-3H3,(H2,33,34,37)/t26-,28?/m1/s1. The number of carbonyl (C=O) groups excluding carboxylic acids is 3. The highest BCUT2D eigenvalue weighted by Crippen LogP contribution is 2.35. The van der Waals surface area contributed by atoms with Crippen LogP contribution in [0.2, 0.25) is 0 Å². The van der Waals surface area contributed by atoms with Crippen LogP contribution in [0.5, 0.6) is 0 Å². The zero-order valence-corrected chi connectivity index (χ0v) is 22.7. The van der Waals surface area contributed by atoms with E-state index in [9.17, 15) is 14.4 Å². The van der Waals surface area contributed by atoms with Gasteiger partial charge in [0.25, 0.3) is 6.29 Å².